The van der Waals surface area contributed by atoms with E-state index < -0.39 is 7.81 Å². The predicted molar refractivity (Wildman–Crippen MR) is 64.4 cm³/mol. The van der Waals surface area contributed by atoms with Crippen molar-refractivity contribution in [2.45, 2.75) is 20.4 Å². The van der Waals surface area contributed by atoms with Gasteiger partial charge in [0.1, 0.15) is 0 Å². The first-order valence-electron chi connectivity index (χ1n) is 5.27. The summed E-state index contributed by atoms with van der Waals surface area (Å²) in [6.45, 7) is 4.87. The summed E-state index contributed by atoms with van der Waals surface area (Å²) in [5, 5.41) is 8.79. The number of pyridine rings is 1. The van der Waals surface area contributed by atoms with Crippen molar-refractivity contribution < 1.29 is 29.7 Å². The van der Waals surface area contributed by atoms with Gasteiger partial charge in [0.2, 0.25) is 0 Å². The first-order chi connectivity index (χ1) is 8.69. The van der Waals surface area contributed by atoms with Crippen molar-refractivity contribution in [2.24, 2.45) is 0 Å². The van der Waals surface area contributed by atoms with Gasteiger partial charge in [0.25, 0.3) is 5.69 Å². The van der Waals surface area contributed by atoms with Gasteiger partial charge in [-0.1, -0.05) is 5.57 Å². The molecule has 9 heteroatoms. The molecule has 0 aliphatic heterocycles. The minimum absolute atomic E-state index is 0.694. The maximum atomic E-state index is 9.87. The SMILES string of the molecule is CC(C)=CC[n+]1ccccc1C#N.F[P-](F)(F)(F)(F)F. The molecule has 20 heavy (non-hydrogen) atoms. The molecular formula is C11H13F6N2P. The molecule has 114 valence electrons. The zero-order valence-electron chi connectivity index (χ0n) is 10.7. The van der Waals surface area contributed by atoms with Crippen molar-refractivity contribution in [3.05, 3.63) is 41.7 Å². The molecule has 0 amide bonds. The van der Waals surface area contributed by atoms with Crippen LogP contribution in [0.15, 0.2) is 36.0 Å². The molecule has 0 N–H and O–H groups in total. The van der Waals surface area contributed by atoms with Crippen LogP contribution in [0.2, 0.25) is 0 Å². The number of rotatable bonds is 2. The van der Waals surface area contributed by atoms with Gasteiger partial charge in [-0.15, -0.1) is 0 Å². The third-order valence-corrected chi connectivity index (χ3v) is 1.75. The molecule has 0 unspecified atom stereocenters. The van der Waals surface area contributed by atoms with Crippen LogP contribution in [0, 0.1) is 11.3 Å². The monoisotopic (exact) mass is 318 g/mol. The molecule has 2 nitrogen and oxygen atoms in total. The van der Waals surface area contributed by atoms with Crippen molar-refractivity contribution in [2.75, 3.05) is 0 Å². The van der Waals surface area contributed by atoms with Gasteiger partial charge in [-0.25, -0.2) is 0 Å². The number of aromatic nitrogens is 1. The first-order valence-corrected chi connectivity index (χ1v) is 7.30. The van der Waals surface area contributed by atoms with E-state index in [9.17, 15) is 25.2 Å². The Kier molecular flexibility index (Phi) is 4.97. The quantitative estimate of drug-likeness (QED) is 0.319. The fourth-order valence-corrected chi connectivity index (χ4v) is 1.02. The van der Waals surface area contributed by atoms with Gasteiger partial charge in [-0.3, -0.25) is 0 Å². The normalized spacial score (nSPS) is 13.9. The zero-order valence-corrected chi connectivity index (χ0v) is 11.6. The van der Waals surface area contributed by atoms with Crippen molar-refractivity contribution >= 4 is 7.81 Å². The molecule has 0 radical (unpaired) electrons. The molecular weight excluding hydrogens is 305 g/mol. The van der Waals surface area contributed by atoms with E-state index in [0.717, 1.165) is 6.54 Å². The van der Waals surface area contributed by atoms with Crippen LogP contribution in [0.3, 0.4) is 0 Å². The van der Waals surface area contributed by atoms with E-state index in [1.54, 1.807) is 0 Å². The van der Waals surface area contributed by atoms with E-state index in [-0.39, 0.29) is 0 Å². The molecule has 0 atom stereocenters. The molecule has 0 bridgehead atoms. The molecule has 0 aliphatic carbocycles. The third-order valence-electron chi connectivity index (χ3n) is 1.75. The zero-order chi connectivity index (χ0) is 16.1. The second-order valence-electron chi connectivity index (χ2n) is 4.09. The molecule has 0 saturated carbocycles. The molecule has 1 aromatic rings. The van der Waals surface area contributed by atoms with E-state index in [1.807, 2.05) is 29.0 Å². The van der Waals surface area contributed by atoms with Gasteiger partial charge in [-0.05, 0) is 26.0 Å². The van der Waals surface area contributed by atoms with Gasteiger partial charge >= 0.3 is 33.0 Å². The van der Waals surface area contributed by atoms with E-state index >= 15 is 0 Å². The Balaban J connectivity index is 0.000000441. The van der Waals surface area contributed by atoms with Crippen molar-refractivity contribution in [1.82, 2.24) is 0 Å². The van der Waals surface area contributed by atoms with Crippen LogP contribution in [-0.2, 0) is 6.54 Å². The van der Waals surface area contributed by atoms with Crippen LogP contribution < -0.4 is 4.57 Å². The Morgan fingerprint density at radius 2 is 1.70 bits per heavy atom. The molecule has 1 aromatic heterocycles. The summed E-state index contributed by atoms with van der Waals surface area (Å²) in [4.78, 5) is 0. The fraction of sp³-hybridized carbons (Fsp3) is 0.273. The van der Waals surface area contributed by atoms with Crippen molar-refractivity contribution in [3.63, 3.8) is 0 Å². The summed E-state index contributed by atoms with van der Waals surface area (Å²) in [6.07, 6.45) is 4.01. The van der Waals surface area contributed by atoms with Gasteiger partial charge in [0.15, 0.2) is 18.8 Å². The summed E-state index contributed by atoms with van der Waals surface area (Å²) >= 11 is 0. The van der Waals surface area contributed by atoms with Gasteiger partial charge in [0.05, 0.1) is 0 Å². The number of allylic oxidation sites excluding steroid dienone is 2. The molecule has 0 aromatic carbocycles. The molecule has 1 heterocycles. The Morgan fingerprint density at radius 3 is 2.10 bits per heavy atom. The van der Waals surface area contributed by atoms with Crippen LogP contribution in [-0.4, -0.2) is 0 Å². The molecule has 0 saturated heterocycles. The van der Waals surface area contributed by atoms with Gasteiger partial charge in [-0.2, -0.15) is 9.83 Å². The Labute approximate surface area is 112 Å². The molecule has 0 fully saturated rings. The number of nitriles is 1. The van der Waals surface area contributed by atoms with E-state index in [0.29, 0.717) is 5.69 Å². The number of hydrogen-bond donors (Lipinski definition) is 0. The van der Waals surface area contributed by atoms with Crippen LogP contribution in [0.4, 0.5) is 25.2 Å². The Hall–Kier alpha value is -1.61. The summed E-state index contributed by atoms with van der Waals surface area (Å²) < 4.78 is 61.1. The van der Waals surface area contributed by atoms with Crippen LogP contribution in [0.25, 0.3) is 0 Å². The Morgan fingerprint density at radius 1 is 1.20 bits per heavy atom. The van der Waals surface area contributed by atoms with Crippen LogP contribution >= 0.6 is 7.81 Å². The average Bonchev–Trinajstić information content (AvgIpc) is 2.22. The van der Waals surface area contributed by atoms with E-state index in [1.165, 1.54) is 5.57 Å². The predicted octanol–water partition coefficient (Wildman–Crippen LogP) is 5.19. The first kappa shape index (κ1) is 18.4. The number of hydrogen-bond acceptors (Lipinski definition) is 1. The number of nitrogens with zero attached hydrogens (tertiary/aromatic N) is 2. The maximum absolute atomic E-state index is 10.7. The van der Waals surface area contributed by atoms with E-state index in [2.05, 4.69) is 26.0 Å². The summed E-state index contributed by atoms with van der Waals surface area (Å²) in [6, 6.07) is 7.77. The summed E-state index contributed by atoms with van der Waals surface area (Å²) in [5.41, 5.74) is 1.96. The molecule has 0 spiro atoms. The second-order valence-corrected chi connectivity index (χ2v) is 6.01. The molecule has 0 aliphatic rings. The second kappa shape index (κ2) is 5.41. The van der Waals surface area contributed by atoms with Crippen LogP contribution in [0.1, 0.15) is 19.5 Å². The van der Waals surface area contributed by atoms with Gasteiger partial charge in [0, 0.05) is 12.1 Å². The number of halogens is 6. The van der Waals surface area contributed by atoms with Crippen LogP contribution in [0.5, 0.6) is 0 Å². The van der Waals surface area contributed by atoms with E-state index in [4.69, 9.17) is 5.26 Å². The van der Waals surface area contributed by atoms with Crippen molar-refractivity contribution in [1.29, 1.82) is 5.26 Å². The summed E-state index contributed by atoms with van der Waals surface area (Å²) in [7, 11) is -10.7. The topological polar surface area (TPSA) is 27.7 Å². The summed E-state index contributed by atoms with van der Waals surface area (Å²) in [5.74, 6) is 0. The Bertz CT molecular complexity index is 526. The average molecular weight is 318 g/mol. The standard InChI is InChI=1S/C11H13N2.F6P/c1-10(2)6-8-13-7-4-3-5-11(13)9-12;1-7(2,3,4,5)6/h3-7H,8H2,1-2H3;/q+1;-1. The van der Waals surface area contributed by atoms with Crippen molar-refractivity contribution in [3.8, 4) is 6.07 Å². The fourth-order valence-electron chi connectivity index (χ4n) is 1.02. The van der Waals surface area contributed by atoms with Gasteiger partial charge < -0.3 is 0 Å². The third kappa shape index (κ3) is 14.5. The minimum atomic E-state index is -10.7. The molecule has 1 rings (SSSR count).